The maximum absolute atomic E-state index is 12.1. The summed E-state index contributed by atoms with van der Waals surface area (Å²) in [5.41, 5.74) is 0.628. The maximum Gasteiger partial charge on any atom is 0.321 e. The quantitative estimate of drug-likeness (QED) is 0.494. The average Bonchev–Trinajstić information content (AvgIpc) is 2.59. The highest BCUT2D eigenvalue weighted by Crippen LogP contribution is 2.16. The van der Waals surface area contributed by atoms with E-state index in [1.807, 2.05) is 13.8 Å². The minimum Gasteiger partial charge on any atom is -0.497 e. The Morgan fingerprint density at radius 2 is 1.84 bits per heavy atom. The summed E-state index contributed by atoms with van der Waals surface area (Å²) in [7, 11) is 1.55. The molecule has 8 nitrogen and oxygen atoms in total. The number of hydrogen-bond donors (Lipinski definition) is 4. The lowest BCUT2D eigenvalue weighted by Crippen LogP contribution is -3.14. The van der Waals surface area contributed by atoms with Crippen molar-refractivity contribution in [2.75, 3.05) is 38.6 Å². The number of nitrogens with one attached hydrogen (secondary N) is 4. The number of rotatable bonds is 9. The highest BCUT2D eigenvalue weighted by molar-refractivity contribution is 5.95. The standard InChI is InChI=1S/C17H26N4O4/c1-4-9-18-17(24)20-16(23)12-21(5-2)11-15(22)19-13-7-6-8-14(10-13)25-3/h6-8,10H,4-5,9,11-12H2,1-3H3,(H,19,22)(H2,18,20,23,24)/p+1. The molecule has 0 radical (unpaired) electrons. The Morgan fingerprint density at radius 1 is 1.12 bits per heavy atom. The van der Waals surface area contributed by atoms with Gasteiger partial charge in [-0.1, -0.05) is 13.0 Å². The molecule has 4 amide bonds. The largest absolute Gasteiger partial charge is 0.497 e. The summed E-state index contributed by atoms with van der Waals surface area (Å²) in [4.78, 5) is 36.2. The fourth-order valence-corrected chi connectivity index (χ4v) is 2.13. The smallest absolute Gasteiger partial charge is 0.321 e. The molecule has 138 valence electrons. The Bertz CT molecular complexity index is 592. The molecule has 8 heteroatoms. The van der Waals surface area contributed by atoms with Gasteiger partial charge in [0.1, 0.15) is 5.75 Å². The summed E-state index contributed by atoms with van der Waals surface area (Å²) in [6.07, 6.45) is 0.790. The van der Waals surface area contributed by atoms with Crippen LogP contribution in [0.4, 0.5) is 10.5 Å². The molecule has 4 N–H and O–H groups in total. The molecular weight excluding hydrogens is 324 g/mol. The molecule has 0 aliphatic carbocycles. The van der Waals surface area contributed by atoms with Crippen molar-refractivity contribution >= 4 is 23.5 Å². The summed E-state index contributed by atoms with van der Waals surface area (Å²) >= 11 is 0. The number of carbonyl (C=O) groups is 3. The van der Waals surface area contributed by atoms with E-state index in [9.17, 15) is 14.4 Å². The fourth-order valence-electron chi connectivity index (χ4n) is 2.13. The first kappa shape index (κ1) is 20.4. The van der Waals surface area contributed by atoms with Crippen molar-refractivity contribution in [1.29, 1.82) is 0 Å². The summed E-state index contributed by atoms with van der Waals surface area (Å²) in [6, 6.07) is 6.53. The lowest BCUT2D eigenvalue weighted by atomic mass is 10.3. The molecule has 0 bridgehead atoms. The molecule has 1 unspecified atom stereocenters. The number of carbonyl (C=O) groups excluding carboxylic acids is 3. The number of hydrogen-bond acceptors (Lipinski definition) is 4. The molecule has 1 rings (SSSR count). The van der Waals surface area contributed by atoms with Crippen LogP contribution in [0.25, 0.3) is 0 Å². The first-order chi connectivity index (χ1) is 12.0. The lowest BCUT2D eigenvalue weighted by Gasteiger charge is -2.17. The number of likely N-dealkylation sites (N-methyl/N-ethyl adjacent to an activating group) is 1. The normalized spacial score (nSPS) is 11.3. The Balaban J connectivity index is 2.47. The van der Waals surface area contributed by atoms with Crippen LogP contribution >= 0.6 is 0 Å². The van der Waals surface area contributed by atoms with Gasteiger partial charge < -0.3 is 20.3 Å². The molecule has 0 spiro atoms. The van der Waals surface area contributed by atoms with Crippen LogP contribution in [-0.2, 0) is 9.59 Å². The van der Waals surface area contributed by atoms with Crippen LogP contribution in [0.1, 0.15) is 20.3 Å². The second kappa shape index (κ2) is 11.0. The number of anilines is 1. The van der Waals surface area contributed by atoms with E-state index < -0.39 is 11.9 Å². The third kappa shape index (κ3) is 8.16. The predicted molar refractivity (Wildman–Crippen MR) is 94.7 cm³/mol. The minimum absolute atomic E-state index is 0.0432. The Hall–Kier alpha value is -2.61. The second-order valence-electron chi connectivity index (χ2n) is 5.54. The maximum atomic E-state index is 12.1. The van der Waals surface area contributed by atoms with Gasteiger partial charge in [-0.3, -0.25) is 14.9 Å². The van der Waals surface area contributed by atoms with Gasteiger partial charge in [0, 0.05) is 18.3 Å². The molecule has 1 aromatic rings. The number of imide groups is 1. The molecule has 0 saturated heterocycles. The monoisotopic (exact) mass is 351 g/mol. The molecule has 0 aliphatic heterocycles. The number of methoxy groups -OCH3 is 1. The van der Waals surface area contributed by atoms with Crippen molar-refractivity contribution in [3.63, 3.8) is 0 Å². The van der Waals surface area contributed by atoms with E-state index in [-0.39, 0.29) is 19.0 Å². The van der Waals surface area contributed by atoms with E-state index in [0.717, 1.165) is 11.3 Å². The Kier molecular flexibility index (Phi) is 9.02. The van der Waals surface area contributed by atoms with Gasteiger partial charge in [-0.15, -0.1) is 0 Å². The molecule has 0 saturated carbocycles. The lowest BCUT2D eigenvalue weighted by molar-refractivity contribution is -0.881. The van der Waals surface area contributed by atoms with Gasteiger partial charge in [0.05, 0.1) is 13.7 Å². The summed E-state index contributed by atoms with van der Waals surface area (Å²) in [6.45, 7) is 5.05. The van der Waals surface area contributed by atoms with E-state index in [4.69, 9.17) is 4.74 Å². The van der Waals surface area contributed by atoms with Crippen LogP contribution in [0.2, 0.25) is 0 Å². The first-order valence-corrected chi connectivity index (χ1v) is 8.33. The minimum atomic E-state index is -0.511. The molecular formula is C17H27N4O4+. The third-order valence-corrected chi connectivity index (χ3v) is 3.46. The topological polar surface area (TPSA) is 101 Å². The zero-order valence-corrected chi connectivity index (χ0v) is 15.0. The van der Waals surface area contributed by atoms with E-state index in [0.29, 0.717) is 24.5 Å². The van der Waals surface area contributed by atoms with Crippen molar-refractivity contribution in [3.8, 4) is 5.75 Å². The first-order valence-electron chi connectivity index (χ1n) is 8.33. The highest BCUT2D eigenvalue weighted by atomic mass is 16.5. The van der Waals surface area contributed by atoms with Gasteiger partial charge in [-0.25, -0.2) is 4.79 Å². The zero-order chi connectivity index (χ0) is 18.7. The number of amides is 4. The molecule has 1 atom stereocenters. The van der Waals surface area contributed by atoms with E-state index in [1.54, 1.807) is 31.4 Å². The van der Waals surface area contributed by atoms with Crippen LogP contribution < -0.4 is 25.6 Å². The fraction of sp³-hybridized carbons (Fsp3) is 0.471. The number of urea groups is 1. The molecule has 0 heterocycles. The van der Waals surface area contributed by atoms with Gasteiger partial charge in [0.15, 0.2) is 13.1 Å². The van der Waals surface area contributed by atoms with E-state index in [1.165, 1.54) is 0 Å². The van der Waals surface area contributed by atoms with Crippen molar-refractivity contribution in [3.05, 3.63) is 24.3 Å². The summed E-state index contributed by atoms with van der Waals surface area (Å²) < 4.78 is 5.11. The van der Waals surface area contributed by atoms with Crippen LogP contribution in [0, 0.1) is 0 Å². The summed E-state index contributed by atoms with van der Waals surface area (Å²) in [5.74, 6) is 0.0166. The van der Waals surface area contributed by atoms with Gasteiger partial charge in [-0.2, -0.15) is 0 Å². The zero-order valence-electron chi connectivity index (χ0n) is 15.0. The third-order valence-electron chi connectivity index (χ3n) is 3.46. The summed E-state index contributed by atoms with van der Waals surface area (Å²) in [5, 5.41) is 7.60. The van der Waals surface area contributed by atoms with Gasteiger partial charge in [0.25, 0.3) is 11.8 Å². The number of ether oxygens (including phenoxy) is 1. The van der Waals surface area contributed by atoms with Crippen molar-refractivity contribution < 1.29 is 24.0 Å². The average molecular weight is 351 g/mol. The van der Waals surface area contributed by atoms with Crippen LogP contribution in [0.15, 0.2) is 24.3 Å². The predicted octanol–water partition coefficient (Wildman–Crippen LogP) is -0.226. The van der Waals surface area contributed by atoms with E-state index in [2.05, 4.69) is 16.0 Å². The van der Waals surface area contributed by atoms with Crippen LogP contribution in [0.5, 0.6) is 5.75 Å². The van der Waals surface area contributed by atoms with Crippen molar-refractivity contribution in [1.82, 2.24) is 10.6 Å². The molecule has 25 heavy (non-hydrogen) atoms. The Morgan fingerprint density at radius 3 is 2.48 bits per heavy atom. The Labute approximate surface area is 147 Å². The van der Waals surface area contributed by atoms with Crippen molar-refractivity contribution in [2.45, 2.75) is 20.3 Å². The van der Waals surface area contributed by atoms with E-state index >= 15 is 0 Å². The van der Waals surface area contributed by atoms with Gasteiger partial charge >= 0.3 is 6.03 Å². The van der Waals surface area contributed by atoms with Crippen LogP contribution in [0.3, 0.4) is 0 Å². The van der Waals surface area contributed by atoms with Crippen molar-refractivity contribution in [2.24, 2.45) is 0 Å². The molecule has 0 fully saturated rings. The number of quaternary nitrogens is 1. The second-order valence-corrected chi connectivity index (χ2v) is 5.54. The molecule has 0 aliphatic rings. The van der Waals surface area contributed by atoms with Gasteiger partial charge in [0.2, 0.25) is 0 Å². The SMILES string of the molecule is CCCNC(=O)NC(=O)C[NH+](CC)CC(=O)Nc1cccc(OC)c1. The van der Waals surface area contributed by atoms with Gasteiger partial charge in [-0.05, 0) is 25.5 Å². The molecule has 0 aromatic heterocycles. The highest BCUT2D eigenvalue weighted by Gasteiger charge is 2.18. The number of benzene rings is 1. The molecule has 1 aromatic carbocycles. The van der Waals surface area contributed by atoms with Crippen LogP contribution in [-0.4, -0.2) is 51.1 Å².